The molecule has 0 radical (unpaired) electrons. The third kappa shape index (κ3) is 3.02. The molecule has 86 valence electrons. The largest absolute Gasteiger partial charge is 0.395 e. The molecule has 1 amide bonds. The van der Waals surface area contributed by atoms with Gasteiger partial charge in [-0.15, -0.1) is 12.3 Å². The topological polar surface area (TPSA) is 83.8 Å². The van der Waals surface area contributed by atoms with Gasteiger partial charge in [0.05, 0.1) is 11.4 Å². The van der Waals surface area contributed by atoms with Gasteiger partial charge in [-0.3, -0.25) is 9.89 Å². The first-order valence-corrected chi connectivity index (χ1v) is 5.19. The number of hydrogen-bond donors (Lipinski definition) is 3. The summed E-state index contributed by atoms with van der Waals surface area (Å²) >= 11 is 0. The zero-order chi connectivity index (χ0) is 12.0. The number of terminal acetylenes is 1. The van der Waals surface area contributed by atoms with Crippen LogP contribution >= 0.6 is 0 Å². The number of anilines is 1. The number of nitrogens with one attached hydrogen (secondary N) is 2. The number of rotatable bonds is 5. The van der Waals surface area contributed by atoms with E-state index < -0.39 is 0 Å². The highest BCUT2D eigenvalue weighted by Crippen LogP contribution is 2.11. The predicted molar refractivity (Wildman–Crippen MR) is 62.8 cm³/mol. The molecule has 0 fully saturated rings. The van der Waals surface area contributed by atoms with Gasteiger partial charge in [0.2, 0.25) is 0 Å². The van der Waals surface area contributed by atoms with E-state index in [9.17, 15) is 4.79 Å². The van der Waals surface area contributed by atoms with Gasteiger partial charge < -0.3 is 11.1 Å². The lowest BCUT2D eigenvalue weighted by Crippen LogP contribution is -2.25. The monoisotopic (exact) mass is 220 g/mol. The standard InChI is InChI=1S/C11H16N4O/c1-3-4-5-6-7-13-11(16)10-9(12)8(2)14-15-10/h1H,4-7,12H2,2H3,(H,13,16)(H,14,15). The number of aromatic nitrogens is 2. The van der Waals surface area contributed by atoms with E-state index in [-0.39, 0.29) is 11.6 Å². The zero-order valence-electron chi connectivity index (χ0n) is 9.34. The highest BCUT2D eigenvalue weighted by molar-refractivity contribution is 5.97. The molecular weight excluding hydrogens is 204 g/mol. The molecule has 0 unspecified atom stereocenters. The lowest BCUT2D eigenvalue weighted by atomic mass is 10.2. The van der Waals surface area contributed by atoms with E-state index >= 15 is 0 Å². The number of carbonyl (C=O) groups excluding carboxylic acids is 1. The second-order valence-corrected chi connectivity index (χ2v) is 3.53. The van der Waals surface area contributed by atoms with Gasteiger partial charge in [-0.25, -0.2) is 0 Å². The van der Waals surface area contributed by atoms with Crippen LogP contribution in [-0.2, 0) is 0 Å². The molecule has 0 aromatic carbocycles. The van der Waals surface area contributed by atoms with Crippen molar-refractivity contribution in [3.63, 3.8) is 0 Å². The summed E-state index contributed by atoms with van der Waals surface area (Å²) in [7, 11) is 0. The molecule has 5 heteroatoms. The summed E-state index contributed by atoms with van der Waals surface area (Å²) in [6, 6.07) is 0. The number of aromatic amines is 1. The lowest BCUT2D eigenvalue weighted by molar-refractivity contribution is 0.0949. The van der Waals surface area contributed by atoms with Crippen molar-refractivity contribution < 1.29 is 4.79 Å². The summed E-state index contributed by atoms with van der Waals surface area (Å²) < 4.78 is 0. The van der Waals surface area contributed by atoms with Crippen molar-refractivity contribution in [1.82, 2.24) is 15.5 Å². The number of amides is 1. The number of aryl methyl sites for hydroxylation is 1. The fourth-order valence-corrected chi connectivity index (χ4v) is 1.25. The maximum Gasteiger partial charge on any atom is 0.273 e. The second-order valence-electron chi connectivity index (χ2n) is 3.53. The van der Waals surface area contributed by atoms with Crippen LogP contribution in [0.3, 0.4) is 0 Å². The molecule has 0 aliphatic heterocycles. The molecule has 0 saturated carbocycles. The summed E-state index contributed by atoms with van der Waals surface area (Å²) in [5.74, 6) is 2.30. The van der Waals surface area contributed by atoms with Crippen molar-refractivity contribution in [2.75, 3.05) is 12.3 Å². The van der Waals surface area contributed by atoms with Gasteiger partial charge in [-0.1, -0.05) is 0 Å². The molecule has 0 saturated heterocycles. The summed E-state index contributed by atoms with van der Waals surface area (Å²) in [5.41, 5.74) is 7.04. The Morgan fingerprint density at radius 1 is 1.62 bits per heavy atom. The van der Waals surface area contributed by atoms with Crippen LogP contribution in [0.4, 0.5) is 5.69 Å². The van der Waals surface area contributed by atoms with Crippen molar-refractivity contribution >= 4 is 11.6 Å². The Morgan fingerprint density at radius 3 is 2.94 bits per heavy atom. The Hall–Kier alpha value is -1.96. The number of unbranched alkanes of at least 4 members (excludes halogenated alkanes) is 2. The molecule has 1 rings (SSSR count). The molecule has 1 heterocycles. The van der Waals surface area contributed by atoms with Crippen LogP contribution in [-0.4, -0.2) is 22.6 Å². The first kappa shape index (κ1) is 12.1. The second kappa shape index (κ2) is 5.81. The molecule has 0 aliphatic carbocycles. The summed E-state index contributed by atoms with van der Waals surface area (Å²) in [4.78, 5) is 11.6. The van der Waals surface area contributed by atoms with Crippen LogP contribution in [0, 0.1) is 19.3 Å². The van der Waals surface area contributed by atoms with Crippen LogP contribution < -0.4 is 11.1 Å². The zero-order valence-corrected chi connectivity index (χ0v) is 9.34. The van der Waals surface area contributed by atoms with Gasteiger partial charge >= 0.3 is 0 Å². The van der Waals surface area contributed by atoms with Crippen molar-refractivity contribution in [2.24, 2.45) is 0 Å². The van der Waals surface area contributed by atoms with Crippen molar-refractivity contribution in [3.8, 4) is 12.3 Å². The Morgan fingerprint density at radius 2 is 2.38 bits per heavy atom. The molecule has 0 atom stereocenters. The van der Waals surface area contributed by atoms with Gasteiger partial charge in [-0.2, -0.15) is 5.10 Å². The highest BCUT2D eigenvalue weighted by Gasteiger charge is 2.14. The quantitative estimate of drug-likeness (QED) is 0.507. The number of carbonyl (C=O) groups is 1. The molecule has 0 spiro atoms. The molecular formula is C11H16N4O. The van der Waals surface area contributed by atoms with Gasteiger partial charge in [0, 0.05) is 13.0 Å². The molecule has 0 bridgehead atoms. The van der Waals surface area contributed by atoms with Crippen molar-refractivity contribution in [2.45, 2.75) is 26.2 Å². The Labute approximate surface area is 94.8 Å². The fraction of sp³-hybridized carbons (Fsp3) is 0.455. The van der Waals surface area contributed by atoms with E-state index in [1.54, 1.807) is 6.92 Å². The molecule has 4 N–H and O–H groups in total. The van der Waals surface area contributed by atoms with Crippen molar-refractivity contribution in [3.05, 3.63) is 11.4 Å². The summed E-state index contributed by atoms with van der Waals surface area (Å²) in [5, 5.41) is 9.24. The third-order valence-corrected chi connectivity index (χ3v) is 2.24. The van der Waals surface area contributed by atoms with Gasteiger partial charge in [0.25, 0.3) is 5.91 Å². The van der Waals surface area contributed by atoms with Crippen LogP contribution in [0.25, 0.3) is 0 Å². The average Bonchev–Trinajstić information content (AvgIpc) is 2.59. The third-order valence-electron chi connectivity index (χ3n) is 2.24. The Bertz CT molecular complexity index is 403. The molecule has 0 aliphatic rings. The van der Waals surface area contributed by atoms with E-state index in [1.807, 2.05) is 0 Å². The average molecular weight is 220 g/mol. The van der Waals surface area contributed by atoms with Crippen LogP contribution in [0.2, 0.25) is 0 Å². The predicted octanol–water partition coefficient (Wildman–Crippen LogP) is 0.834. The van der Waals surface area contributed by atoms with Crippen molar-refractivity contribution in [1.29, 1.82) is 0 Å². The van der Waals surface area contributed by atoms with Gasteiger partial charge in [0.15, 0.2) is 5.69 Å². The smallest absolute Gasteiger partial charge is 0.273 e. The van der Waals surface area contributed by atoms with E-state index in [4.69, 9.17) is 12.2 Å². The first-order chi connectivity index (χ1) is 7.66. The highest BCUT2D eigenvalue weighted by atomic mass is 16.1. The minimum absolute atomic E-state index is 0.248. The van der Waals surface area contributed by atoms with Gasteiger partial charge in [0.1, 0.15) is 0 Å². The van der Waals surface area contributed by atoms with E-state index in [0.717, 1.165) is 19.3 Å². The number of hydrogen-bond acceptors (Lipinski definition) is 3. The SMILES string of the molecule is C#CCCCCNC(=O)c1n[nH]c(C)c1N. The maximum atomic E-state index is 11.6. The first-order valence-electron chi connectivity index (χ1n) is 5.19. The Balaban J connectivity index is 2.36. The summed E-state index contributed by atoms with van der Waals surface area (Å²) in [6.07, 6.45) is 7.62. The minimum Gasteiger partial charge on any atom is -0.395 e. The number of nitrogens with two attached hydrogens (primary N) is 1. The Kier molecular flexibility index (Phi) is 4.40. The molecule has 1 aromatic heterocycles. The van der Waals surface area contributed by atoms with Crippen LogP contribution in [0.5, 0.6) is 0 Å². The molecule has 5 nitrogen and oxygen atoms in total. The number of nitrogens with zero attached hydrogens (tertiary/aromatic N) is 1. The van der Waals surface area contributed by atoms with Crippen LogP contribution in [0.1, 0.15) is 35.4 Å². The number of nitrogen functional groups attached to an aromatic ring is 1. The lowest BCUT2D eigenvalue weighted by Gasteiger charge is -2.02. The number of H-pyrrole nitrogens is 1. The normalized spacial score (nSPS) is 9.75. The van der Waals surface area contributed by atoms with Crippen LogP contribution in [0.15, 0.2) is 0 Å². The van der Waals surface area contributed by atoms with E-state index in [1.165, 1.54) is 0 Å². The molecule has 1 aromatic rings. The van der Waals surface area contributed by atoms with E-state index in [2.05, 4.69) is 21.4 Å². The molecule has 16 heavy (non-hydrogen) atoms. The minimum atomic E-state index is -0.248. The maximum absolute atomic E-state index is 11.6. The summed E-state index contributed by atoms with van der Waals surface area (Å²) in [6.45, 7) is 2.36. The van der Waals surface area contributed by atoms with Gasteiger partial charge in [-0.05, 0) is 19.8 Å². The fourth-order valence-electron chi connectivity index (χ4n) is 1.25. The van der Waals surface area contributed by atoms with E-state index in [0.29, 0.717) is 17.9 Å².